The molecule has 1 N–H and O–H groups in total. The highest BCUT2D eigenvalue weighted by Crippen LogP contribution is 2.21. The van der Waals surface area contributed by atoms with Crippen molar-refractivity contribution in [1.29, 1.82) is 0 Å². The largest absolute Gasteiger partial charge is 0.380 e. The van der Waals surface area contributed by atoms with E-state index in [-0.39, 0.29) is 0 Å². The Hall–Kier alpha value is -0.120. The molecule has 2 atom stereocenters. The van der Waals surface area contributed by atoms with Crippen molar-refractivity contribution in [3.05, 3.63) is 0 Å². The summed E-state index contributed by atoms with van der Waals surface area (Å²) in [5.74, 6) is 1.61. The van der Waals surface area contributed by atoms with Crippen LogP contribution < -0.4 is 5.32 Å². The van der Waals surface area contributed by atoms with Crippen LogP contribution in [0.25, 0.3) is 0 Å². The van der Waals surface area contributed by atoms with Crippen LogP contribution in [0.1, 0.15) is 33.1 Å². The van der Waals surface area contributed by atoms with Gasteiger partial charge in [0.25, 0.3) is 0 Å². The van der Waals surface area contributed by atoms with Crippen LogP contribution >= 0.6 is 0 Å². The van der Waals surface area contributed by atoms with Crippen LogP contribution in [0, 0.1) is 11.8 Å². The maximum Gasteiger partial charge on any atom is 0.0622 e. The predicted octanol–water partition coefficient (Wildman–Crippen LogP) is 1.73. The number of likely N-dealkylation sites (tertiary alicyclic amines) is 1. The van der Waals surface area contributed by atoms with Crippen LogP contribution in [0.3, 0.4) is 0 Å². The SMILES string of the molecule is CC(C)CNCC1CCCN(C2CCOC2)C1. The summed E-state index contributed by atoms with van der Waals surface area (Å²) in [5, 5.41) is 3.61. The third-order valence-electron chi connectivity index (χ3n) is 3.96. The quantitative estimate of drug-likeness (QED) is 0.792. The fraction of sp³-hybridized carbons (Fsp3) is 1.00. The normalized spacial score (nSPS) is 31.2. The summed E-state index contributed by atoms with van der Waals surface area (Å²) in [7, 11) is 0. The summed E-state index contributed by atoms with van der Waals surface area (Å²) in [6.07, 6.45) is 4.01. The van der Waals surface area contributed by atoms with Gasteiger partial charge in [-0.05, 0) is 50.7 Å². The van der Waals surface area contributed by atoms with Gasteiger partial charge in [-0.3, -0.25) is 4.90 Å². The van der Waals surface area contributed by atoms with Crippen LogP contribution in [-0.4, -0.2) is 50.3 Å². The second-order valence-electron chi connectivity index (χ2n) is 6.07. The van der Waals surface area contributed by atoms with Gasteiger partial charge in [-0.1, -0.05) is 13.8 Å². The van der Waals surface area contributed by atoms with Crippen LogP contribution in [-0.2, 0) is 4.74 Å². The van der Waals surface area contributed by atoms with Crippen LogP contribution in [0.4, 0.5) is 0 Å². The lowest BCUT2D eigenvalue weighted by molar-refractivity contribution is 0.102. The Labute approximate surface area is 106 Å². The van der Waals surface area contributed by atoms with E-state index in [1.807, 2.05) is 0 Å². The van der Waals surface area contributed by atoms with Crippen molar-refractivity contribution >= 4 is 0 Å². The summed E-state index contributed by atoms with van der Waals surface area (Å²) < 4.78 is 5.50. The first-order valence-electron chi connectivity index (χ1n) is 7.28. The average molecular weight is 240 g/mol. The number of ether oxygens (including phenoxy) is 1. The van der Waals surface area contributed by atoms with E-state index in [0.29, 0.717) is 6.04 Å². The van der Waals surface area contributed by atoms with Gasteiger partial charge in [0.15, 0.2) is 0 Å². The first-order chi connectivity index (χ1) is 8.25. The number of rotatable bonds is 5. The minimum absolute atomic E-state index is 0.711. The number of piperidine rings is 1. The highest BCUT2D eigenvalue weighted by Gasteiger charge is 2.28. The molecule has 2 heterocycles. The first kappa shape index (κ1) is 13.3. The molecule has 100 valence electrons. The van der Waals surface area contributed by atoms with E-state index in [1.54, 1.807) is 0 Å². The Balaban J connectivity index is 1.69. The van der Waals surface area contributed by atoms with Crippen molar-refractivity contribution in [2.24, 2.45) is 11.8 Å². The fourth-order valence-electron chi connectivity index (χ4n) is 2.98. The maximum absolute atomic E-state index is 5.50. The molecule has 3 nitrogen and oxygen atoms in total. The summed E-state index contributed by atoms with van der Waals surface area (Å²) in [4.78, 5) is 2.66. The summed E-state index contributed by atoms with van der Waals surface area (Å²) in [6.45, 7) is 11.4. The van der Waals surface area contributed by atoms with E-state index in [0.717, 1.165) is 31.6 Å². The molecule has 0 spiro atoms. The van der Waals surface area contributed by atoms with Crippen molar-refractivity contribution in [1.82, 2.24) is 10.2 Å². The number of hydrogen-bond acceptors (Lipinski definition) is 3. The standard InChI is InChI=1S/C14H28N2O/c1-12(2)8-15-9-13-4-3-6-16(10-13)14-5-7-17-11-14/h12-15H,3-11H2,1-2H3. The van der Waals surface area contributed by atoms with Crippen LogP contribution in [0.5, 0.6) is 0 Å². The molecule has 2 saturated heterocycles. The van der Waals surface area contributed by atoms with E-state index in [9.17, 15) is 0 Å². The molecule has 2 aliphatic heterocycles. The van der Waals surface area contributed by atoms with Crippen LogP contribution in [0.15, 0.2) is 0 Å². The van der Waals surface area contributed by atoms with E-state index in [2.05, 4.69) is 24.1 Å². The van der Waals surface area contributed by atoms with Crippen molar-refractivity contribution in [3.8, 4) is 0 Å². The Morgan fingerprint density at radius 1 is 1.35 bits per heavy atom. The van der Waals surface area contributed by atoms with Gasteiger partial charge in [0.1, 0.15) is 0 Å². The van der Waals surface area contributed by atoms with Crippen molar-refractivity contribution in [2.75, 3.05) is 39.4 Å². The molecule has 0 radical (unpaired) electrons. The topological polar surface area (TPSA) is 24.5 Å². The Morgan fingerprint density at radius 3 is 2.94 bits per heavy atom. The zero-order valence-corrected chi connectivity index (χ0v) is 11.5. The molecule has 3 heteroatoms. The average Bonchev–Trinajstić information content (AvgIpc) is 2.82. The fourth-order valence-corrected chi connectivity index (χ4v) is 2.98. The molecule has 2 fully saturated rings. The molecule has 0 aromatic rings. The molecular formula is C14H28N2O. The second-order valence-corrected chi connectivity index (χ2v) is 6.07. The molecule has 0 amide bonds. The molecule has 0 aliphatic carbocycles. The lowest BCUT2D eigenvalue weighted by atomic mass is 9.96. The third-order valence-corrected chi connectivity index (χ3v) is 3.96. The van der Waals surface area contributed by atoms with Gasteiger partial charge in [0.2, 0.25) is 0 Å². The van der Waals surface area contributed by atoms with Crippen molar-refractivity contribution in [2.45, 2.75) is 39.2 Å². The highest BCUT2D eigenvalue weighted by atomic mass is 16.5. The minimum Gasteiger partial charge on any atom is -0.380 e. The Morgan fingerprint density at radius 2 is 2.24 bits per heavy atom. The molecule has 2 aliphatic rings. The smallest absolute Gasteiger partial charge is 0.0622 e. The van der Waals surface area contributed by atoms with Gasteiger partial charge in [-0.15, -0.1) is 0 Å². The molecule has 0 aromatic heterocycles. The summed E-state index contributed by atoms with van der Waals surface area (Å²) >= 11 is 0. The molecule has 0 aromatic carbocycles. The van der Waals surface area contributed by atoms with E-state index in [4.69, 9.17) is 4.74 Å². The minimum atomic E-state index is 0.711. The van der Waals surface area contributed by atoms with Gasteiger partial charge in [-0.25, -0.2) is 0 Å². The van der Waals surface area contributed by atoms with Crippen LogP contribution in [0.2, 0.25) is 0 Å². The van der Waals surface area contributed by atoms with Gasteiger partial charge in [0, 0.05) is 19.2 Å². The predicted molar refractivity (Wildman–Crippen MR) is 71.2 cm³/mol. The molecule has 0 saturated carbocycles. The molecule has 2 rings (SSSR count). The van der Waals surface area contributed by atoms with Gasteiger partial charge in [-0.2, -0.15) is 0 Å². The van der Waals surface area contributed by atoms with Crippen molar-refractivity contribution < 1.29 is 4.74 Å². The lowest BCUT2D eigenvalue weighted by Gasteiger charge is -2.36. The van der Waals surface area contributed by atoms with E-state index < -0.39 is 0 Å². The number of nitrogens with one attached hydrogen (secondary N) is 1. The summed E-state index contributed by atoms with van der Waals surface area (Å²) in [6, 6.07) is 0.711. The second kappa shape index (κ2) is 6.72. The number of nitrogens with zero attached hydrogens (tertiary/aromatic N) is 1. The molecule has 0 bridgehead atoms. The lowest BCUT2D eigenvalue weighted by Crippen LogP contribution is -2.45. The Bertz CT molecular complexity index is 214. The first-order valence-corrected chi connectivity index (χ1v) is 7.28. The molecule has 2 unspecified atom stereocenters. The zero-order valence-electron chi connectivity index (χ0n) is 11.5. The molecule has 17 heavy (non-hydrogen) atoms. The zero-order chi connectivity index (χ0) is 12.1. The van der Waals surface area contributed by atoms with Gasteiger partial charge < -0.3 is 10.1 Å². The monoisotopic (exact) mass is 240 g/mol. The summed E-state index contributed by atoms with van der Waals surface area (Å²) in [5.41, 5.74) is 0. The Kier molecular flexibility index (Phi) is 5.26. The van der Waals surface area contributed by atoms with E-state index in [1.165, 1.54) is 38.9 Å². The van der Waals surface area contributed by atoms with Gasteiger partial charge in [0.05, 0.1) is 6.61 Å². The third kappa shape index (κ3) is 4.23. The maximum atomic E-state index is 5.50. The number of hydrogen-bond donors (Lipinski definition) is 1. The van der Waals surface area contributed by atoms with Crippen molar-refractivity contribution in [3.63, 3.8) is 0 Å². The van der Waals surface area contributed by atoms with Gasteiger partial charge >= 0.3 is 0 Å². The van der Waals surface area contributed by atoms with E-state index >= 15 is 0 Å². The highest BCUT2D eigenvalue weighted by molar-refractivity contribution is 4.82. The molecular weight excluding hydrogens is 212 g/mol.